The first-order valence-corrected chi connectivity index (χ1v) is 9.88. The van der Waals surface area contributed by atoms with E-state index in [0.29, 0.717) is 5.69 Å². The highest BCUT2D eigenvalue weighted by atomic mass is 16.6. The van der Waals surface area contributed by atoms with E-state index in [1.54, 1.807) is 37.3 Å². The molecule has 1 N–H and O–H groups in total. The lowest BCUT2D eigenvalue weighted by atomic mass is 10.1. The standard InChI is InChI=1S/C22H21N3O8/c1-4-32-22(28)13(2)33-19-17(25(29)30)11-14(12-18(19)31-3)10-16-20(26)23-24(21(16)27)15-8-6-5-7-9-15/h5-13H,4H2,1-3H3,(H,23,26)/b16-10-/t13-/m0/s1. The Kier molecular flexibility index (Phi) is 6.91. The van der Waals surface area contributed by atoms with Gasteiger partial charge in [0.2, 0.25) is 5.75 Å². The van der Waals surface area contributed by atoms with E-state index in [9.17, 15) is 24.5 Å². The Hall–Kier alpha value is -4.41. The lowest BCUT2D eigenvalue weighted by Gasteiger charge is -2.16. The van der Waals surface area contributed by atoms with Crippen molar-refractivity contribution >= 4 is 35.2 Å². The Labute approximate surface area is 188 Å². The lowest BCUT2D eigenvalue weighted by Crippen LogP contribution is -2.35. The number of amides is 2. The summed E-state index contributed by atoms with van der Waals surface area (Å²) in [5.74, 6) is -2.32. The van der Waals surface area contributed by atoms with Gasteiger partial charge in [0.05, 0.1) is 24.3 Å². The average molecular weight is 455 g/mol. The lowest BCUT2D eigenvalue weighted by molar-refractivity contribution is -0.386. The van der Waals surface area contributed by atoms with Crippen molar-refractivity contribution in [2.24, 2.45) is 0 Å². The number of para-hydroxylation sites is 1. The summed E-state index contributed by atoms with van der Waals surface area (Å²) in [7, 11) is 1.27. The highest BCUT2D eigenvalue weighted by Crippen LogP contribution is 2.40. The second-order valence-corrected chi connectivity index (χ2v) is 6.82. The van der Waals surface area contributed by atoms with E-state index < -0.39 is 34.5 Å². The van der Waals surface area contributed by atoms with Gasteiger partial charge >= 0.3 is 11.7 Å². The Balaban J connectivity index is 1.99. The Morgan fingerprint density at radius 1 is 1.24 bits per heavy atom. The molecular formula is C22H21N3O8. The summed E-state index contributed by atoms with van der Waals surface area (Å²) < 4.78 is 15.5. The molecule has 1 atom stereocenters. The molecule has 0 saturated carbocycles. The van der Waals surface area contributed by atoms with Crippen LogP contribution in [0.1, 0.15) is 19.4 Å². The first kappa shape index (κ1) is 23.3. The van der Waals surface area contributed by atoms with E-state index in [1.807, 2.05) is 0 Å². The Bertz CT molecular complexity index is 1130. The third kappa shape index (κ3) is 4.92. The average Bonchev–Trinajstić information content (AvgIpc) is 3.08. The van der Waals surface area contributed by atoms with E-state index in [4.69, 9.17) is 14.2 Å². The van der Waals surface area contributed by atoms with Crippen LogP contribution in [0.5, 0.6) is 11.5 Å². The van der Waals surface area contributed by atoms with Crippen molar-refractivity contribution in [1.82, 2.24) is 5.43 Å². The summed E-state index contributed by atoms with van der Waals surface area (Å²) in [5.41, 5.74) is 2.34. The van der Waals surface area contributed by atoms with Crippen LogP contribution in [-0.2, 0) is 19.1 Å². The van der Waals surface area contributed by atoms with Crippen LogP contribution in [-0.4, -0.2) is 42.5 Å². The second kappa shape index (κ2) is 9.81. The molecule has 0 spiro atoms. The van der Waals surface area contributed by atoms with Gasteiger partial charge in [-0.05, 0) is 43.7 Å². The molecule has 1 aliphatic rings. The zero-order valence-corrected chi connectivity index (χ0v) is 18.1. The SMILES string of the molecule is CCOC(=O)[C@H](C)Oc1c(OC)cc(/C=C2/C(=O)NN(c3ccccc3)C2=O)cc1[N+](=O)[O-]. The number of hydrazine groups is 1. The first-order valence-electron chi connectivity index (χ1n) is 9.88. The Morgan fingerprint density at radius 3 is 2.55 bits per heavy atom. The number of hydrogen-bond acceptors (Lipinski definition) is 8. The van der Waals surface area contributed by atoms with Crippen LogP contribution in [0.25, 0.3) is 6.08 Å². The number of benzene rings is 2. The van der Waals surface area contributed by atoms with Crippen LogP contribution < -0.4 is 19.9 Å². The summed E-state index contributed by atoms with van der Waals surface area (Å²) in [6.45, 7) is 3.13. The van der Waals surface area contributed by atoms with E-state index in [-0.39, 0.29) is 29.2 Å². The van der Waals surface area contributed by atoms with Gasteiger partial charge in [-0.2, -0.15) is 0 Å². The molecule has 0 bridgehead atoms. The smallest absolute Gasteiger partial charge is 0.347 e. The highest BCUT2D eigenvalue weighted by Gasteiger charge is 2.35. The van der Waals surface area contributed by atoms with Crippen LogP contribution in [0.4, 0.5) is 11.4 Å². The minimum Gasteiger partial charge on any atom is -0.493 e. The molecule has 33 heavy (non-hydrogen) atoms. The Morgan fingerprint density at radius 2 is 1.94 bits per heavy atom. The number of carbonyl (C=O) groups excluding carboxylic acids is 3. The fourth-order valence-corrected chi connectivity index (χ4v) is 3.06. The van der Waals surface area contributed by atoms with Crippen molar-refractivity contribution in [3.05, 3.63) is 63.7 Å². The number of nitro groups is 1. The molecule has 11 nitrogen and oxygen atoms in total. The van der Waals surface area contributed by atoms with Gasteiger partial charge in [0.25, 0.3) is 11.8 Å². The minimum atomic E-state index is -1.14. The number of hydrogen-bond donors (Lipinski definition) is 1. The second-order valence-electron chi connectivity index (χ2n) is 6.82. The molecule has 172 valence electrons. The van der Waals surface area contributed by atoms with Crippen molar-refractivity contribution in [2.45, 2.75) is 20.0 Å². The molecule has 1 saturated heterocycles. The van der Waals surface area contributed by atoms with Crippen molar-refractivity contribution in [3.63, 3.8) is 0 Å². The van der Waals surface area contributed by atoms with Crippen molar-refractivity contribution < 1.29 is 33.5 Å². The maximum atomic E-state index is 12.8. The van der Waals surface area contributed by atoms with E-state index in [2.05, 4.69) is 5.43 Å². The molecule has 3 rings (SSSR count). The fourth-order valence-electron chi connectivity index (χ4n) is 3.06. The predicted octanol–water partition coefficient (Wildman–Crippen LogP) is 2.40. The summed E-state index contributed by atoms with van der Waals surface area (Å²) in [6.07, 6.45) is 0.0812. The van der Waals surface area contributed by atoms with E-state index >= 15 is 0 Å². The molecule has 0 unspecified atom stereocenters. The van der Waals surface area contributed by atoms with E-state index in [0.717, 1.165) is 11.1 Å². The number of nitrogens with one attached hydrogen (secondary N) is 1. The van der Waals surface area contributed by atoms with Gasteiger partial charge in [0.15, 0.2) is 11.9 Å². The molecule has 2 amide bonds. The van der Waals surface area contributed by atoms with Crippen LogP contribution in [0.2, 0.25) is 0 Å². The van der Waals surface area contributed by atoms with Crippen LogP contribution in [0.15, 0.2) is 48.0 Å². The number of carbonyl (C=O) groups is 3. The zero-order valence-electron chi connectivity index (χ0n) is 18.1. The molecule has 0 aliphatic carbocycles. The molecule has 2 aromatic rings. The number of rotatable bonds is 8. The van der Waals surface area contributed by atoms with Gasteiger partial charge in [0.1, 0.15) is 5.57 Å². The molecule has 11 heteroatoms. The minimum absolute atomic E-state index is 0.0574. The number of nitrogens with zero attached hydrogens (tertiary/aromatic N) is 2. The monoisotopic (exact) mass is 455 g/mol. The third-order valence-electron chi connectivity index (χ3n) is 4.60. The largest absolute Gasteiger partial charge is 0.493 e. The topological polar surface area (TPSA) is 137 Å². The van der Waals surface area contributed by atoms with Gasteiger partial charge in [0, 0.05) is 6.07 Å². The maximum absolute atomic E-state index is 12.8. The van der Waals surface area contributed by atoms with Crippen molar-refractivity contribution in [2.75, 3.05) is 18.7 Å². The summed E-state index contributed by atoms with van der Waals surface area (Å²) in [5, 5.41) is 12.8. The first-order chi connectivity index (χ1) is 15.8. The molecule has 0 radical (unpaired) electrons. The summed E-state index contributed by atoms with van der Waals surface area (Å²) in [4.78, 5) is 48.1. The molecule has 1 aliphatic heterocycles. The number of anilines is 1. The normalized spacial score (nSPS) is 15.2. The highest BCUT2D eigenvalue weighted by molar-refractivity contribution is 6.31. The summed E-state index contributed by atoms with van der Waals surface area (Å²) in [6, 6.07) is 11.0. The van der Waals surface area contributed by atoms with Crippen LogP contribution in [0, 0.1) is 10.1 Å². The van der Waals surface area contributed by atoms with E-state index in [1.165, 1.54) is 26.2 Å². The van der Waals surface area contributed by atoms with Gasteiger partial charge in [-0.1, -0.05) is 18.2 Å². The predicted molar refractivity (Wildman–Crippen MR) is 116 cm³/mol. The fraction of sp³-hybridized carbons (Fsp3) is 0.227. The van der Waals surface area contributed by atoms with Crippen LogP contribution in [0.3, 0.4) is 0 Å². The number of ether oxygens (including phenoxy) is 3. The van der Waals surface area contributed by atoms with Crippen LogP contribution >= 0.6 is 0 Å². The number of nitro benzene ring substituents is 1. The molecule has 2 aromatic carbocycles. The molecule has 1 heterocycles. The van der Waals surface area contributed by atoms with Gasteiger partial charge in [-0.15, -0.1) is 0 Å². The van der Waals surface area contributed by atoms with Crippen molar-refractivity contribution in [1.29, 1.82) is 0 Å². The molecule has 1 fully saturated rings. The number of esters is 1. The van der Waals surface area contributed by atoms with Gasteiger partial charge in [-0.3, -0.25) is 25.1 Å². The zero-order chi connectivity index (χ0) is 24.1. The summed E-state index contributed by atoms with van der Waals surface area (Å²) >= 11 is 0. The third-order valence-corrected chi connectivity index (χ3v) is 4.60. The number of methoxy groups -OCH3 is 1. The molecule has 0 aromatic heterocycles. The maximum Gasteiger partial charge on any atom is 0.347 e. The molecular weight excluding hydrogens is 434 g/mol. The van der Waals surface area contributed by atoms with Gasteiger partial charge in [-0.25, -0.2) is 9.80 Å². The quantitative estimate of drug-likeness (QED) is 0.211. The van der Waals surface area contributed by atoms with Gasteiger partial charge < -0.3 is 14.2 Å². The van der Waals surface area contributed by atoms with Crippen molar-refractivity contribution in [3.8, 4) is 11.5 Å².